The molecule has 39 heavy (non-hydrogen) atoms. The van der Waals surface area contributed by atoms with E-state index in [1.165, 1.54) is 0 Å². The summed E-state index contributed by atoms with van der Waals surface area (Å²) in [6.07, 6.45) is 5.52. The lowest BCUT2D eigenvalue weighted by atomic mass is 9.94. The number of benzene rings is 1. The van der Waals surface area contributed by atoms with Gasteiger partial charge in [-0.25, -0.2) is 14.8 Å². The van der Waals surface area contributed by atoms with Crippen molar-refractivity contribution in [2.75, 3.05) is 32.9 Å². The van der Waals surface area contributed by atoms with E-state index in [2.05, 4.69) is 21.0 Å². The Kier molecular flexibility index (Phi) is 8.28. The van der Waals surface area contributed by atoms with Gasteiger partial charge in [0.05, 0.1) is 19.5 Å². The number of aromatic nitrogens is 4. The van der Waals surface area contributed by atoms with Gasteiger partial charge in [0.15, 0.2) is 5.65 Å². The van der Waals surface area contributed by atoms with Crippen LogP contribution in [0.3, 0.4) is 0 Å². The van der Waals surface area contributed by atoms with E-state index in [0.29, 0.717) is 18.4 Å². The Morgan fingerprint density at radius 1 is 1.15 bits per heavy atom. The molecule has 0 radical (unpaired) electrons. The second-order valence-electron chi connectivity index (χ2n) is 11.7. The fraction of sp³-hybridized carbons (Fsp3) is 0.586. The maximum absolute atomic E-state index is 12.3. The predicted molar refractivity (Wildman–Crippen MR) is 150 cm³/mol. The van der Waals surface area contributed by atoms with Gasteiger partial charge in [-0.05, 0) is 94.7 Å². The molecule has 0 bridgehead atoms. The number of aryl methyl sites for hydroxylation is 1. The molecule has 1 amide bonds. The number of hydrogen-bond donors (Lipinski definition) is 0. The van der Waals surface area contributed by atoms with E-state index in [0.717, 1.165) is 92.3 Å². The van der Waals surface area contributed by atoms with Crippen molar-refractivity contribution in [3.63, 3.8) is 0 Å². The number of piperidine rings is 1. The molecule has 0 N–H and O–H groups in total. The molecule has 1 atom stereocenters. The van der Waals surface area contributed by atoms with Crippen molar-refractivity contribution >= 4 is 28.9 Å². The monoisotopic (exact) mass is 555 g/mol. The van der Waals surface area contributed by atoms with Gasteiger partial charge in [0.2, 0.25) is 5.28 Å². The Bertz CT molecular complexity index is 1310. The third-order valence-corrected chi connectivity index (χ3v) is 7.58. The molecule has 0 aliphatic carbocycles. The first-order valence-corrected chi connectivity index (χ1v) is 14.2. The summed E-state index contributed by atoms with van der Waals surface area (Å²) in [5.41, 5.74) is 3.69. The normalized spacial score (nSPS) is 18.6. The highest BCUT2D eigenvalue weighted by molar-refractivity contribution is 6.28. The third kappa shape index (κ3) is 6.81. The molecule has 2 aromatic heterocycles. The number of ether oxygens (including phenoxy) is 3. The Labute approximate surface area is 234 Å². The fourth-order valence-corrected chi connectivity index (χ4v) is 5.45. The lowest BCUT2D eigenvalue weighted by Crippen LogP contribution is -2.41. The topological polar surface area (TPSA) is 91.6 Å². The standard InChI is InChI=1S/C29H38ClN5O4/c1-19-15-22(24-25-26(33-27(30)32-24)35(18-31-25)16-21-9-13-37-17-21)5-6-23(19)38-14-10-20-7-11-34(12-8-20)28(36)39-29(2,3)4/h5-6,15,18,20-21H,7-14,16-17H2,1-4H3. The van der Waals surface area contributed by atoms with Crippen molar-refractivity contribution in [3.05, 3.63) is 35.4 Å². The van der Waals surface area contributed by atoms with Gasteiger partial charge in [-0.15, -0.1) is 0 Å². The smallest absolute Gasteiger partial charge is 0.410 e. The molecule has 2 aliphatic rings. The van der Waals surface area contributed by atoms with Gasteiger partial charge in [-0.3, -0.25) is 0 Å². The van der Waals surface area contributed by atoms with Crippen molar-refractivity contribution < 1.29 is 19.0 Å². The van der Waals surface area contributed by atoms with Crippen molar-refractivity contribution in [2.24, 2.45) is 11.8 Å². The first-order chi connectivity index (χ1) is 18.7. The maximum atomic E-state index is 12.3. The summed E-state index contributed by atoms with van der Waals surface area (Å²) in [7, 11) is 0. The summed E-state index contributed by atoms with van der Waals surface area (Å²) in [5, 5.41) is 0.206. The van der Waals surface area contributed by atoms with Crippen LogP contribution in [0.5, 0.6) is 5.75 Å². The first kappa shape index (κ1) is 27.6. The highest BCUT2D eigenvalue weighted by Crippen LogP contribution is 2.31. The van der Waals surface area contributed by atoms with Crippen LogP contribution in [0.2, 0.25) is 5.28 Å². The zero-order chi connectivity index (χ0) is 27.6. The minimum atomic E-state index is -0.465. The quantitative estimate of drug-likeness (QED) is 0.335. The van der Waals surface area contributed by atoms with Crippen LogP contribution in [0.25, 0.3) is 22.4 Å². The largest absolute Gasteiger partial charge is 0.493 e. The molecule has 0 saturated carbocycles. The van der Waals surface area contributed by atoms with Gasteiger partial charge < -0.3 is 23.7 Å². The summed E-state index contributed by atoms with van der Waals surface area (Å²) in [4.78, 5) is 27.8. The molecule has 2 aliphatic heterocycles. The van der Waals surface area contributed by atoms with Gasteiger partial charge in [-0.2, -0.15) is 4.98 Å². The van der Waals surface area contributed by atoms with Crippen molar-refractivity contribution in [3.8, 4) is 17.0 Å². The molecule has 1 aromatic carbocycles. The minimum Gasteiger partial charge on any atom is -0.493 e. The number of imidazole rings is 1. The number of likely N-dealkylation sites (tertiary alicyclic amines) is 1. The highest BCUT2D eigenvalue weighted by Gasteiger charge is 2.27. The zero-order valence-corrected chi connectivity index (χ0v) is 24.0. The molecule has 2 saturated heterocycles. The Hall–Kier alpha value is -2.91. The van der Waals surface area contributed by atoms with E-state index in [-0.39, 0.29) is 11.4 Å². The van der Waals surface area contributed by atoms with Gasteiger partial charge in [0, 0.05) is 37.7 Å². The van der Waals surface area contributed by atoms with Gasteiger partial charge in [-0.1, -0.05) is 0 Å². The van der Waals surface area contributed by atoms with Crippen LogP contribution in [0, 0.1) is 18.8 Å². The van der Waals surface area contributed by atoms with Gasteiger partial charge in [0.25, 0.3) is 0 Å². The van der Waals surface area contributed by atoms with Crippen LogP contribution < -0.4 is 4.74 Å². The SMILES string of the molecule is Cc1cc(-c2nc(Cl)nc3c2ncn3CC2CCOC2)ccc1OCCC1CCN(C(=O)OC(C)(C)C)CC1. The molecule has 5 rings (SSSR count). The van der Waals surface area contributed by atoms with Crippen molar-refractivity contribution in [1.29, 1.82) is 0 Å². The second kappa shape index (κ2) is 11.7. The van der Waals surface area contributed by atoms with E-state index >= 15 is 0 Å². The summed E-state index contributed by atoms with van der Waals surface area (Å²) in [6, 6.07) is 6.06. The zero-order valence-electron chi connectivity index (χ0n) is 23.3. The number of carbonyl (C=O) groups is 1. The second-order valence-corrected chi connectivity index (χ2v) is 12.0. The van der Waals surface area contributed by atoms with Crippen molar-refractivity contribution in [1.82, 2.24) is 24.4 Å². The number of fused-ring (bicyclic) bond motifs is 1. The summed E-state index contributed by atoms with van der Waals surface area (Å²) in [6.45, 7) is 12.2. The molecule has 210 valence electrons. The Morgan fingerprint density at radius 3 is 2.64 bits per heavy atom. The van der Waals surface area contributed by atoms with E-state index in [4.69, 9.17) is 25.8 Å². The molecule has 4 heterocycles. The number of carbonyl (C=O) groups excluding carboxylic acids is 1. The fourth-order valence-electron chi connectivity index (χ4n) is 5.28. The van der Waals surface area contributed by atoms with E-state index in [9.17, 15) is 4.79 Å². The van der Waals surface area contributed by atoms with Gasteiger partial charge >= 0.3 is 6.09 Å². The number of hydrogen-bond acceptors (Lipinski definition) is 7. The number of rotatable bonds is 7. The molecule has 9 nitrogen and oxygen atoms in total. The van der Waals surface area contributed by atoms with Crippen LogP contribution in [-0.4, -0.2) is 69.0 Å². The van der Waals surface area contributed by atoms with E-state index in [1.807, 2.05) is 55.6 Å². The van der Waals surface area contributed by atoms with Crippen LogP contribution in [0.15, 0.2) is 24.5 Å². The van der Waals surface area contributed by atoms with Crippen molar-refractivity contribution in [2.45, 2.75) is 65.5 Å². The minimum absolute atomic E-state index is 0.206. The average molecular weight is 556 g/mol. The molecular formula is C29H38ClN5O4. The van der Waals surface area contributed by atoms with Gasteiger partial charge in [0.1, 0.15) is 22.6 Å². The molecular weight excluding hydrogens is 518 g/mol. The van der Waals surface area contributed by atoms with E-state index in [1.54, 1.807) is 0 Å². The van der Waals surface area contributed by atoms with Crippen LogP contribution in [-0.2, 0) is 16.0 Å². The third-order valence-electron chi connectivity index (χ3n) is 7.41. The Balaban J connectivity index is 1.18. The average Bonchev–Trinajstić information content (AvgIpc) is 3.54. The lowest BCUT2D eigenvalue weighted by Gasteiger charge is -2.33. The summed E-state index contributed by atoms with van der Waals surface area (Å²) < 4.78 is 19.2. The van der Waals surface area contributed by atoms with E-state index < -0.39 is 5.60 Å². The summed E-state index contributed by atoms with van der Waals surface area (Å²) in [5.74, 6) is 1.84. The molecule has 10 heteroatoms. The maximum Gasteiger partial charge on any atom is 0.410 e. The number of halogens is 1. The Morgan fingerprint density at radius 2 is 1.95 bits per heavy atom. The van der Waals surface area contributed by atoms with Crippen LogP contribution >= 0.6 is 11.6 Å². The predicted octanol–water partition coefficient (Wildman–Crippen LogP) is 5.91. The highest BCUT2D eigenvalue weighted by atomic mass is 35.5. The molecule has 0 spiro atoms. The first-order valence-electron chi connectivity index (χ1n) is 13.8. The van der Waals surface area contributed by atoms with Crippen LogP contribution in [0.4, 0.5) is 4.79 Å². The number of amides is 1. The summed E-state index contributed by atoms with van der Waals surface area (Å²) >= 11 is 6.35. The molecule has 1 unspecified atom stereocenters. The molecule has 2 fully saturated rings. The lowest BCUT2D eigenvalue weighted by molar-refractivity contribution is 0.0177. The number of nitrogens with zero attached hydrogens (tertiary/aromatic N) is 5. The van der Waals surface area contributed by atoms with Crippen LogP contribution in [0.1, 0.15) is 52.0 Å². The molecule has 3 aromatic rings.